The molecule has 0 bridgehead atoms. The lowest BCUT2D eigenvalue weighted by Crippen LogP contribution is -2.19. The highest BCUT2D eigenvalue weighted by molar-refractivity contribution is 7.40. The molecule has 0 fully saturated rings. The minimum absolute atomic E-state index is 0.110. The van der Waals surface area contributed by atoms with E-state index in [1.807, 2.05) is 0 Å². The van der Waals surface area contributed by atoms with Gasteiger partial charge in [-0.2, -0.15) is 4.89 Å². The van der Waals surface area contributed by atoms with Gasteiger partial charge in [-0.05, 0) is 11.5 Å². The molecule has 1 unspecified atom stereocenters. The highest BCUT2D eigenvalue weighted by atomic mass is 31.1. The van der Waals surface area contributed by atoms with Crippen LogP contribution in [-0.4, -0.2) is 28.4 Å². The SMILES string of the molecule is CCO[C@@H](C(=O)O)[P+](=O)O. The molecule has 0 aromatic carbocycles. The lowest BCUT2D eigenvalue weighted by atomic mass is 10.7. The minimum Gasteiger partial charge on any atom is -0.476 e. The van der Waals surface area contributed by atoms with Crippen molar-refractivity contribution in [2.45, 2.75) is 12.8 Å². The molecule has 0 amide bonds. The van der Waals surface area contributed by atoms with Crippen LogP contribution in [0, 0.1) is 0 Å². The van der Waals surface area contributed by atoms with Crippen LogP contribution >= 0.6 is 8.03 Å². The fourth-order valence-corrected chi connectivity index (χ4v) is 0.853. The van der Waals surface area contributed by atoms with Crippen molar-refractivity contribution in [3.63, 3.8) is 0 Å². The zero-order valence-electron chi connectivity index (χ0n) is 5.35. The van der Waals surface area contributed by atoms with E-state index in [9.17, 15) is 9.36 Å². The quantitative estimate of drug-likeness (QED) is 0.583. The van der Waals surface area contributed by atoms with E-state index in [4.69, 9.17) is 10.00 Å². The average Bonchev–Trinajstić information content (AvgIpc) is 1.81. The van der Waals surface area contributed by atoms with Gasteiger partial charge in [0.05, 0.1) is 0 Å². The fourth-order valence-electron chi connectivity index (χ4n) is 0.387. The van der Waals surface area contributed by atoms with Gasteiger partial charge in [-0.1, -0.05) is 0 Å². The predicted molar refractivity (Wildman–Crippen MR) is 32.9 cm³/mol. The molecule has 58 valence electrons. The fraction of sp³-hybridized carbons (Fsp3) is 0.750. The summed E-state index contributed by atoms with van der Waals surface area (Å²) in [6, 6.07) is 0. The smallest absolute Gasteiger partial charge is 0.476 e. The molecule has 6 heteroatoms. The number of carboxylic acids is 1. The molecule has 0 aliphatic heterocycles. The molecule has 0 aromatic rings. The molecule has 0 aliphatic carbocycles. The normalized spacial score (nSPS) is 14.4. The van der Waals surface area contributed by atoms with Crippen LogP contribution in [0.5, 0.6) is 0 Å². The monoisotopic (exact) mass is 167 g/mol. The molecule has 0 aromatic heterocycles. The van der Waals surface area contributed by atoms with Crippen LogP contribution in [0.15, 0.2) is 0 Å². The van der Waals surface area contributed by atoms with Crippen molar-refractivity contribution < 1.29 is 24.1 Å². The first-order chi connectivity index (χ1) is 4.59. The molecule has 0 heterocycles. The number of aliphatic carboxylic acids is 1. The van der Waals surface area contributed by atoms with Crippen LogP contribution in [0.3, 0.4) is 0 Å². The van der Waals surface area contributed by atoms with Crippen molar-refractivity contribution in [1.29, 1.82) is 0 Å². The van der Waals surface area contributed by atoms with Crippen LogP contribution in [0.25, 0.3) is 0 Å². The van der Waals surface area contributed by atoms with Gasteiger partial charge in [-0.15, -0.1) is 0 Å². The van der Waals surface area contributed by atoms with Gasteiger partial charge >= 0.3 is 19.8 Å². The van der Waals surface area contributed by atoms with Gasteiger partial charge in [0.15, 0.2) is 0 Å². The van der Waals surface area contributed by atoms with Crippen molar-refractivity contribution in [3.8, 4) is 0 Å². The molecule has 0 rings (SSSR count). The van der Waals surface area contributed by atoms with Gasteiger partial charge in [0.2, 0.25) is 0 Å². The number of carboxylic acid groups (broad SMARTS) is 1. The Kier molecular flexibility index (Phi) is 4.11. The summed E-state index contributed by atoms with van der Waals surface area (Å²) < 4.78 is 14.6. The van der Waals surface area contributed by atoms with Crippen molar-refractivity contribution in [3.05, 3.63) is 0 Å². The molecule has 2 atom stereocenters. The van der Waals surface area contributed by atoms with Crippen LogP contribution in [-0.2, 0) is 14.1 Å². The molecule has 0 radical (unpaired) electrons. The Morgan fingerprint density at radius 1 is 1.80 bits per heavy atom. The zero-order valence-corrected chi connectivity index (χ0v) is 6.25. The van der Waals surface area contributed by atoms with E-state index < -0.39 is 19.8 Å². The summed E-state index contributed by atoms with van der Waals surface area (Å²) in [5.74, 6) is -2.99. The third-order valence-corrected chi connectivity index (χ3v) is 1.51. The maximum absolute atomic E-state index is 10.2. The number of ether oxygens (including phenoxy) is 1. The number of hydrogen-bond acceptors (Lipinski definition) is 3. The molecule has 0 saturated heterocycles. The summed E-state index contributed by atoms with van der Waals surface area (Å²) in [4.78, 5) is 18.4. The predicted octanol–water partition coefficient (Wildman–Crippen LogP) is 0.168. The van der Waals surface area contributed by atoms with Gasteiger partial charge in [-0.25, -0.2) is 4.79 Å². The Morgan fingerprint density at radius 3 is 2.40 bits per heavy atom. The second kappa shape index (κ2) is 4.33. The summed E-state index contributed by atoms with van der Waals surface area (Å²) in [5, 5.41) is 8.21. The largest absolute Gasteiger partial charge is 0.550 e. The van der Waals surface area contributed by atoms with Crippen LogP contribution in [0.4, 0.5) is 0 Å². The van der Waals surface area contributed by atoms with Crippen molar-refractivity contribution in [2.24, 2.45) is 0 Å². The highest BCUT2D eigenvalue weighted by Gasteiger charge is 2.37. The van der Waals surface area contributed by atoms with Crippen LogP contribution < -0.4 is 0 Å². The van der Waals surface area contributed by atoms with Gasteiger partial charge in [0, 0.05) is 6.61 Å². The van der Waals surface area contributed by atoms with E-state index in [-0.39, 0.29) is 6.61 Å². The third-order valence-electron chi connectivity index (χ3n) is 0.736. The molecular formula is C4H8O5P+. The Morgan fingerprint density at radius 2 is 2.30 bits per heavy atom. The van der Waals surface area contributed by atoms with Crippen molar-refractivity contribution in [2.75, 3.05) is 6.61 Å². The summed E-state index contributed by atoms with van der Waals surface area (Å²) in [5.41, 5.74) is 0. The topological polar surface area (TPSA) is 83.8 Å². The van der Waals surface area contributed by atoms with Gasteiger partial charge in [0.1, 0.15) is 0 Å². The van der Waals surface area contributed by atoms with Crippen LogP contribution in [0.1, 0.15) is 6.92 Å². The molecule has 2 N–H and O–H groups in total. The second-order valence-electron chi connectivity index (χ2n) is 1.45. The number of rotatable bonds is 4. The minimum atomic E-state index is -2.78. The van der Waals surface area contributed by atoms with E-state index in [2.05, 4.69) is 4.74 Å². The van der Waals surface area contributed by atoms with E-state index in [1.165, 1.54) is 0 Å². The standard InChI is InChI=1S/C4H7O5P/c1-2-9-4(3(5)6)10(7)8/h4H,2H2,1H3,(H-,5,6,7,8)/p+1/t4-/m1/s1. The highest BCUT2D eigenvalue weighted by Crippen LogP contribution is 2.23. The maximum Gasteiger partial charge on any atom is 0.550 e. The van der Waals surface area contributed by atoms with Gasteiger partial charge < -0.3 is 9.84 Å². The summed E-state index contributed by atoms with van der Waals surface area (Å²) >= 11 is 0. The Bertz CT molecular complexity index is 131. The van der Waals surface area contributed by atoms with Crippen LogP contribution in [0.2, 0.25) is 0 Å². The molecule has 10 heavy (non-hydrogen) atoms. The molecule has 0 saturated carbocycles. The van der Waals surface area contributed by atoms with E-state index >= 15 is 0 Å². The van der Waals surface area contributed by atoms with Crippen molar-refractivity contribution in [1.82, 2.24) is 0 Å². The van der Waals surface area contributed by atoms with E-state index in [1.54, 1.807) is 6.92 Å². The molecule has 0 spiro atoms. The first-order valence-electron chi connectivity index (χ1n) is 2.59. The van der Waals surface area contributed by atoms with E-state index in [0.29, 0.717) is 0 Å². The second-order valence-corrected chi connectivity index (χ2v) is 2.52. The lowest BCUT2D eigenvalue weighted by molar-refractivity contribution is -0.144. The molecule has 5 nitrogen and oxygen atoms in total. The van der Waals surface area contributed by atoms with Crippen molar-refractivity contribution >= 4 is 14.0 Å². The lowest BCUT2D eigenvalue weighted by Gasteiger charge is -1.96. The summed E-state index contributed by atoms with van der Waals surface area (Å²) in [6.07, 6.45) is 0. The first-order valence-corrected chi connectivity index (χ1v) is 3.87. The summed E-state index contributed by atoms with van der Waals surface area (Å²) in [6.45, 7) is 1.66. The molecular weight excluding hydrogens is 159 g/mol. The third kappa shape index (κ3) is 2.87. The number of carbonyl (C=O) groups is 1. The number of hydrogen-bond donors (Lipinski definition) is 2. The maximum atomic E-state index is 10.2. The average molecular weight is 167 g/mol. The van der Waals surface area contributed by atoms with E-state index in [0.717, 1.165) is 0 Å². The Labute approximate surface area is 58.5 Å². The Hall–Kier alpha value is -0.510. The summed E-state index contributed by atoms with van der Waals surface area (Å²) in [7, 11) is -2.78. The first kappa shape index (κ1) is 9.49. The zero-order chi connectivity index (χ0) is 8.15. The van der Waals surface area contributed by atoms with Gasteiger partial charge in [-0.3, -0.25) is 0 Å². The Balaban J connectivity index is 3.98. The molecule has 0 aliphatic rings. The van der Waals surface area contributed by atoms with Gasteiger partial charge in [0.25, 0.3) is 0 Å².